The first-order chi connectivity index (χ1) is 17.9. The molecule has 0 aromatic rings. The van der Waals surface area contributed by atoms with Gasteiger partial charge in [-0.15, -0.1) is 0 Å². The number of carbonyl (C=O) groups is 1. The van der Waals surface area contributed by atoms with Crippen molar-refractivity contribution >= 4 is 14.6 Å². The van der Waals surface area contributed by atoms with Crippen molar-refractivity contribution in [1.82, 2.24) is 9.80 Å². The van der Waals surface area contributed by atoms with Crippen molar-refractivity contribution in [3.63, 3.8) is 0 Å². The van der Waals surface area contributed by atoms with Crippen LogP contribution in [0.15, 0.2) is 0 Å². The second-order valence-corrected chi connectivity index (χ2v) is 15.7. The molecular formula is C29H55N2O7P. The molecular weight excluding hydrogens is 519 g/mol. The van der Waals surface area contributed by atoms with Crippen molar-refractivity contribution in [1.29, 1.82) is 0 Å². The van der Waals surface area contributed by atoms with Crippen LogP contribution in [0.4, 0.5) is 0 Å². The van der Waals surface area contributed by atoms with E-state index in [9.17, 15) is 20.1 Å². The number of hydrogen-bond donors (Lipinski definition) is 3. The SMILES string of the molecule is CC[C@H]1OC(=O)[C@H](C)C2(O)C[C@@H](O[C@H]3CC(N(C)C)C[C@@H](C)O3)[C@@](C)(C[C@@H](C)CN(C)[C@H](C)[C@@H](O)[C@]1(C)O)P2. The van der Waals surface area contributed by atoms with E-state index in [0.29, 0.717) is 25.4 Å². The van der Waals surface area contributed by atoms with Gasteiger partial charge >= 0.3 is 5.97 Å². The Hall–Kier alpha value is -0.380. The van der Waals surface area contributed by atoms with Crippen molar-refractivity contribution in [3.05, 3.63) is 0 Å². The first-order valence-electron chi connectivity index (χ1n) is 14.7. The zero-order valence-electron chi connectivity index (χ0n) is 25.8. The highest BCUT2D eigenvalue weighted by Gasteiger charge is 2.58. The number of rotatable bonds is 4. The van der Waals surface area contributed by atoms with E-state index in [1.165, 1.54) is 6.92 Å². The first-order valence-corrected chi connectivity index (χ1v) is 15.7. The van der Waals surface area contributed by atoms with Crippen LogP contribution in [0.1, 0.15) is 80.6 Å². The van der Waals surface area contributed by atoms with Crippen molar-refractivity contribution in [3.8, 4) is 0 Å². The third-order valence-corrected chi connectivity index (χ3v) is 11.8. The zero-order valence-corrected chi connectivity index (χ0v) is 26.8. The standard InChI is InChI=1S/C29H55N2O7P/c1-11-22-28(7,34)25(32)20(5)31(10)16-17(2)14-27(6)23(15-29(35,39-27)19(4)26(33)38-22)37-24-13-21(30(8)9)12-18(3)36-24/h17-25,32,34-35,39H,11-16H2,1-10H3/t17-,18-,19+,20-,21?,22-,23-,24+,25-,27-,28-,29?/m1/s1. The third-order valence-electron chi connectivity index (χ3n) is 9.68. The molecule has 13 atom stereocenters. The van der Waals surface area contributed by atoms with Crippen molar-refractivity contribution in [2.75, 3.05) is 27.7 Å². The lowest BCUT2D eigenvalue weighted by Crippen LogP contribution is -2.59. The van der Waals surface area contributed by atoms with Gasteiger partial charge in [0, 0.05) is 36.6 Å². The number of aliphatic hydroxyl groups is 3. The molecule has 10 heteroatoms. The second kappa shape index (κ2) is 12.5. The van der Waals surface area contributed by atoms with Crippen LogP contribution in [0.2, 0.25) is 0 Å². The molecule has 3 aliphatic rings. The molecule has 2 bridgehead atoms. The van der Waals surface area contributed by atoms with Crippen molar-refractivity contribution in [2.24, 2.45) is 11.8 Å². The Morgan fingerprint density at radius 1 is 1.13 bits per heavy atom. The van der Waals surface area contributed by atoms with E-state index in [-0.39, 0.29) is 44.2 Å². The van der Waals surface area contributed by atoms with Crippen LogP contribution >= 0.6 is 8.58 Å². The number of nitrogens with zero attached hydrogens (tertiary/aromatic N) is 2. The molecule has 3 rings (SSSR count). The van der Waals surface area contributed by atoms with Gasteiger partial charge in [-0.2, -0.15) is 0 Å². The topological polar surface area (TPSA) is 112 Å². The van der Waals surface area contributed by atoms with Gasteiger partial charge in [0.15, 0.2) is 6.29 Å². The van der Waals surface area contributed by atoms with E-state index >= 15 is 0 Å². The molecule has 0 aliphatic carbocycles. The summed E-state index contributed by atoms with van der Waals surface area (Å²) in [5.41, 5.74) is -1.65. The number of cyclic esters (lactones) is 1. The second-order valence-electron chi connectivity index (χ2n) is 13.5. The highest BCUT2D eigenvalue weighted by Crippen LogP contribution is 2.61. The van der Waals surface area contributed by atoms with Crippen LogP contribution in [-0.4, -0.2) is 118 Å². The highest BCUT2D eigenvalue weighted by atomic mass is 31.1. The Balaban J connectivity index is 1.95. The predicted molar refractivity (Wildman–Crippen MR) is 154 cm³/mol. The van der Waals surface area contributed by atoms with Crippen molar-refractivity contribution < 1.29 is 34.3 Å². The van der Waals surface area contributed by atoms with Crippen LogP contribution < -0.4 is 0 Å². The number of hydrogen-bond acceptors (Lipinski definition) is 9. The largest absolute Gasteiger partial charge is 0.459 e. The van der Waals surface area contributed by atoms with E-state index in [0.717, 1.165) is 19.3 Å². The Morgan fingerprint density at radius 2 is 1.77 bits per heavy atom. The summed E-state index contributed by atoms with van der Waals surface area (Å²) >= 11 is 0. The maximum absolute atomic E-state index is 13.5. The van der Waals surface area contributed by atoms with E-state index in [1.807, 2.05) is 20.9 Å². The fourth-order valence-corrected chi connectivity index (χ4v) is 9.38. The molecule has 39 heavy (non-hydrogen) atoms. The third kappa shape index (κ3) is 7.16. The molecule has 0 amide bonds. The fourth-order valence-electron chi connectivity index (χ4n) is 6.98. The number of carbonyl (C=O) groups excluding carboxylic acids is 1. The summed E-state index contributed by atoms with van der Waals surface area (Å²) in [4.78, 5) is 17.7. The lowest BCUT2D eigenvalue weighted by atomic mass is 9.85. The quantitative estimate of drug-likeness (QED) is 0.345. The Morgan fingerprint density at radius 3 is 2.36 bits per heavy atom. The van der Waals surface area contributed by atoms with Crippen LogP contribution in [0, 0.1) is 11.8 Å². The molecule has 9 nitrogen and oxygen atoms in total. The number of ether oxygens (including phenoxy) is 3. The Bertz CT molecular complexity index is 846. The monoisotopic (exact) mass is 574 g/mol. The van der Waals surface area contributed by atoms with Gasteiger partial charge in [0.2, 0.25) is 0 Å². The van der Waals surface area contributed by atoms with E-state index in [1.54, 1.807) is 6.92 Å². The van der Waals surface area contributed by atoms with Crippen LogP contribution in [0.5, 0.6) is 0 Å². The first kappa shape index (κ1) is 33.1. The molecule has 3 fully saturated rings. The minimum Gasteiger partial charge on any atom is -0.459 e. The zero-order chi connectivity index (χ0) is 29.5. The lowest BCUT2D eigenvalue weighted by molar-refractivity contribution is -0.229. The summed E-state index contributed by atoms with van der Waals surface area (Å²) in [6.45, 7) is 14.1. The smallest absolute Gasteiger partial charge is 0.312 e. The molecule has 3 N–H and O–H groups in total. The van der Waals surface area contributed by atoms with Gasteiger partial charge in [-0.05, 0) is 74.0 Å². The summed E-state index contributed by atoms with van der Waals surface area (Å²) in [6.07, 6.45) is 0.482. The molecule has 3 heterocycles. The van der Waals surface area contributed by atoms with Crippen LogP contribution in [-0.2, 0) is 19.0 Å². The molecule has 3 saturated heterocycles. The normalized spacial score (nSPS) is 49.7. The van der Waals surface area contributed by atoms with Gasteiger partial charge in [0.1, 0.15) is 17.8 Å². The molecule has 3 aliphatic heterocycles. The molecule has 0 aromatic heterocycles. The molecule has 0 radical (unpaired) electrons. The van der Waals surface area contributed by atoms with Gasteiger partial charge < -0.3 is 39.3 Å². The summed E-state index contributed by atoms with van der Waals surface area (Å²) in [5, 5.41) is 32.9. The summed E-state index contributed by atoms with van der Waals surface area (Å²) in [7, 11) is 6.18. The summed E-state index contributed by atoms with van der Waals surface area (Å²) < 4.78 is 18.8. The van der Waals surface area contributed by atoms with E-state index < -0.39 is 35.0 Å². The van der Waals surface area contributed by atoms with Gasteiger partial charge in [-0.3, -0.25) is 4.79 Å². The van der Waals surface area contributed by atoms with Gasteiger partial charge in [-0.25, -0.2) is 0 Å². The number of fused-ring (bicyclic) bond motifs is 2. The average Bonchev–Trinajstić information content (AvgIpc) is 3.08. The average molecular weight is 575 g/mol. The van der Waals surface area contributed by atoms with Gasteiger partial charge in [-0.1, -0.05) is 29.4 Å². The minimum absolute atomic E-state index is 0.0678. The molecule has 0 aromatic carbocycles. The van der Waals surface area contributed by atoms with Crippen LogP contribution in [0.25, 0.3) is 0 Å². The minimum atomic E-state index is -1.65. The Kier molecular flexibility index (Phi) is 10.6. The highest BCUT2D eigenvalue weighted by molar-refractivity contribution is 7.42. The maximum Gasteiger partial charge on any atom is 0.312 e. The molecule has 228 valence electrons. The fraction of sp³-hybridized carbons (Fsp3) is 0.966. The predicted octanol–water partition coefficient (Wildman–Crippen LogP) is 2.79. The Labute approximate surface area is 237 Å². The maximum atomic E-state index is 13.5. The molecule has 0 spiro atoms. The number of esters is 1. The summed E-state index contributed by atoms with van der Waals surface area (Å²) in [5.74, 6) is -1.16. The van der Waals surface area contributed by atoms with E-state index in [2.05, 4.69) is 44.7 Å². The lowest BCUT2D eigenvalue weighted by Gasteiger charge is -2.43. The number of aliphatic hydroxyl groups excluding tert-OH is 1. The molecule has 0 saturated carbocycles. The van der Waals surface area contributed by atoms with E-state index in [4.69, 9.17) is 14.2 Å². The number of likely N-dealkylation sites (N-methyl/N-ethyl adjacent to an activating group) is 1. The van der Waals surface area contributed by atoms with Gasteiger partial charge in [0.25, 0.3) is 0 Å². The van der Waals surface area contributed by atoms with Crippen LogP contribution in [0.3, 0.4) is 0 Å². The van der Waals surface area contributed by atoms with Gasteiger partial charge in [0.05, 0.1) is 23.5 Å². The molecule has 3 unspecified atom stereocenters. The summed E-state index contributed by atoms with van der Waals surface area (Å²) in [6, 6.07) is -0.0130. The van der Waals surface area contributed by atoms with Crippen molar-refractivity contribution in [2.45, 2.75) is 139 Å².